The third kappa shape index (κ3) is 1.59. The third-order valence-corrected chi connectivity index (χ3v) is 2.88. The van der Waals surface area contributed by atoms with Crippen molar-refractivity contribution in [2.45, 2.75) is 12.5 Å². The molecule has 2 heterocycles. The highest BCUT2D eigenvalue weighted by Crippen LogP contribution is 2.24. The van der Waals surface area contributed by atoms with E-state index in [1.54, 1.807) is 0 Å². The van der Waals surface area contributed by atoms with Crippen molar-refractivity contribution in [3.8, 4) is 0 Å². The molecule has 1 fully saturated rings. The molecule has 1 aromatic heterocycles. The van der Waals surface area contributed by atoms with Crippen molar-refractivity contribution in [1.82, 2.24) is 4.98 Å². The molecule has 0 amide bonds. The fraction of sp³-hybridized carbons (Fsp3) is 0.333. The first kappa shape index (κ1) is 8.80. The fourth-order valence-corrected chi connectivity index (χ4v) is 2.06. The number of aromatic amines is 1. The zero-order chi connectivity index (χ0) is 10.1. The summed E-state index contributed by atoms with van der Waals surface area (Å²) in [4.78, 5) is 3.26. The number of benzene rings is 1. The van der Waals surface area contributed by atoms with Crippen LogP contribution in [0.5, 0.6) is 0 Å². The number of H-pyrrole nitrogens is 1. The minimum Gasteiger partial charge on any atom is -0.379 e. The van der Waals surface area contributed by atoms with Gasteiger partial charge >= 0.3 is 0 Å². The minimum atomic E-state index is 0.462. The first-order valence-corrected chi connectivity index (χ1v) is 5.34. The van der Waals surface area contributed by atoms with Crippen molar-refractivity contribution in [2.75, 3.05) is 18.5 Å². The van der Waals surface area contributed by atoms with Crippen LogP contribution in [0.15, 0.2) is 30.5 Å². The van der Waals surface area contributed by atoms with Crippen molar-refractivity contribution in [3.63, 3.8) is 0 Å². The lowest BCUT2D eigenvalue weighted by atomic mass is 10.2. The lowest BCUT2D eigenvalue weighted by molar-refractivity contribution is 0.195. The van der Waals surface area contributed by atoms with Gasteiger partial charge in [-0.15, -0.1) is 0 Å². The second kappa shape index (κ2) is 3.59. The molecule has 2 N–H and O–H groups in total. The Hall–Kier alpha value is -1.48. The molecule has 1 unspecified atom stereocenters. The van der Waals surface area contributed by atoms with E-state index in [9.17, 15) is 0 Å². The summed E-state index contributed by atoms with van der Waals surface area (Å²) in [5.41, 5.74) is 2.36. The van der Waals surface area contributed by atoms with E-state index in [1.807, 2.05) is 12.3 Å². The van der Waals surface area contributed by atoms with Crippen molar-refractivity contribution >= 4 is 16.6 Å². The zero-order valence-corrected chi connectivity index (χ0v) is 8.49. The summed E-state index contributed by atoms with van der Waals surface area (Å²) in [5, 5.41) is 4.76. The Morgan fingerprint density at radius 3 is 3.13 bits per heavy atom. The van der Waals surface area contributed by atoms with Gasteiger partial charge in [-0.3, -0.25) is 0 Å². The van der Waals surface area contributed by atoms with Crippen LogP contribution in [-0.4, -0.2) is 24.2 Å². The van der Waals surface area contributed by atoms with Crippen LogP contribution < -0.4 is 5.32 Å². The number of para-hydroxylation sites is 1. The van der Waals surface area contributed by atoms with Gasteiger partial charge in [-0.2, -0.15) is 0 Å². The molecule has 1 aromatic carbocycles. The molecular weight excluding hydrogens is 188 g/mol. The summed E-state index contributed by atoms with van der Waals surface area (Å²) in [5.74, 6) is 0. The summed E-state index contributed by atoms with van der Waals surface area (Å²) in [6.45, 7) is 1.69. The number of nitrogens with one attached hydrogen (secondary N) is 2. The van der Waals surface area contributed by atoms with Crippen LogP contribution in [0.4, 0.5) is 5.69 Å². The molecule has 2 aromatic rings. The fourth-order valence-electron chi connectivity index (χ4n) is 2.06. The molecule has 0 radical (unpaired) electrons. The van der Waals surface area contributed by atoms with E-state index in [0.29, 0.717) is 6.04 Å². The van der Waals surface area contributed by atoms with Gasteiger partial charge in [-0.05, 0) is 12.5 Å². The van der Waals surface area contributed by atoms with Crippen LogP contribution in [0.2, 0.25) is 0 Å². The molecule has 1 aliphatic heterocycles. The van der Waals surface area contributed by atoms with Crippen molar-refractivity contribution in [1.29, 1.82) is 0 Å². The first-order chi connectivity index (χ1) is 7.43. The number of rotatable bonds is 2. The van der Waals surface area contributed by atoms with Gasteiger partial charge in [-0.1, -0.05) is 18.2 Å². The number of hydrogen-bond acceptors (Lipinski definition) is 2. The van der Waals surface area contributed by atoms with Gasteiger partial charge in [0.2, 0.25) is 0 Å². The average molecular weight is 202 g/mol. The van der Waals surface area contributed by atoms with Gasteiger partial charge in [-0.25, -0.2) is 0 Å². The topological polar surface area (TPSA) is 37.0 Å². The lowest BCUT2D eigenvalue weighted by Crippen LogP contribution is -2.18. The first-order valence-electron chi connectivity index (χ1n) is 5.34. The van der Waals surface area contributed by atoms with Crippen molar-refractivity contribution < 1.29 is 4.74 Å². The Morgan fingerprint density at radius 2 is 2.27 bits per heavy atom. The zero-order valence-electron chi connectivity index (χ0n) is 8.49. The maximum absolute atomic E-state index is 5.35. The molecule has 1 saturated heterocycles. The highest BCUT2D eigenvalue weighted by atomic mass is 16.5. The number of hydrogen-bond donors (Lipinski definition) is 2. The highest BCUT2D eigenvalue weighted by Gasteiger charge is 2.16. The highest BCUT2D eigenvalue weighted by molar-refractivity contribution is 5.92. The average Bonchev–Trinajstić information content (AvgIpc) is 2.89. The predicted octanol–water partition coefficient (Wildman–Crippen LogP) is 2.37. The van der Waals surface area contributed by atoms with Gasteiger partial charge in [0.05, 0.1) is 18.3 Å². The largest absolute Gasteiger partial charge is 0.379 e. The minimum absolute atomic E-state index is 0.462. The Kier molecular flexibility index (Phi) is 2.10. The summed E-state index contributed by atoms with van der Waals surface area (Å²) in [6, 6.07) is 8.79. The van der Waals surface area contributed by atoms with E-state index < -0.39 is 0 Å². The summed E-state index contributed by atoms with van der Waals surface area (Å²) in [7, 11) is 0. The van der Waals surface area contributed by atoms with Gasteiger partial charge in [0.15, 0.2) is 0 Å². The molecule has 1 atom stereocenters. The van der Waals surface area contributed by atoms with E-state index in [-0.39, 0.29) is 0 Å². The molecule has 78 valence electrons. The third-order valence-electron chi connectivity index (χ3n) is 2.88. The lowest BCUT2D eigenvalue weighted by Gasteiger charge is -2.10. The second-order valence-electron chi connectivity index (χ2n) is 3.95. The van der Waals surface area contributed by atoms with Crippen LogP contribution >= 0.6 is 0 Å². The SMILES string of the molecule is c1ccc2c(NC3CCOC3)c[nH]c2c1. The van der Waals surface area contributed by atoms with E-state index in [2.05, 4.69) is 28.5 Å². The van der Waals surface area contributed by atoms with Crippen LogP contribution in [0.3, 0.4) is 0 Å². The maximum atomic E-state index is 5.35. The summed E-state index contributed by atoms with van der Waals surface area (Å²) < 4.78 is 5.35. The van der Waals surface area contributed by atoms with E-state index >= 15 is 0 Å². The van der Waals surface area contributed by atoms with E-state index in [1.165, 1.54) is 16.6 Å². The van der Waals surface area contributed by atoms with Gasteiger partial charge in [0, 0.05) is 23.7 Å². The monoisotopic (exact) mass is 202 g/mol. The normalized spacial score (nSPS) is 20.9. The van der Waals surface area contributed by atoms with Gasteiger partial charge < -0.3 is 15.0 Å². The molecule has 0 saturated carbocycles. The van der Waals surface area contributed by atoms with Crippen molar-refractivity contribution in [3.05, 3.63) is 30.5 Å². The molecular formula is C12H14N2O. The molecule has 0 spiro atoms. The van der Waals surface area contributed by atoms with Crippen LogP contribution in [0.1, 0.15) is 6.42 Å². The number of aromatic nitrogens is 1. The second-order valence-corrected chi connectivity index (χ2v) is 3.95. The van der Waals surface area contributed by atoms with Gasteiger partial charge in [0.25, 0.3) is 0 Å². The maximum Gasteiger partial charge on any atom is 0.0668 e. The molecule has 3 rings (SSSR count). The number of anilines is 1. The summed E-state index contributed by atoms with van der Waals surface area (Å²) >= 11 is 0. The van der Waals surface area contributed by atoms with E-state index in [4.69, 9.17) is 4.74 Å². The van der Waals surface area contributed by atoms with Crippen LogP contribution in [0, 0.1) is 0 Å². The van der Waals surface area contributed by atoms with Crippen LogP contribution in [0.25, 0.3) is 10.9 Å². The molecule has 0 bridgehead atoms. The van der Waals surface area contributed by atoms with E-state index in [0.717, 1.165) is 19.6 Å². The Labute approximate surface area is 88.4 Å². The predicted molar refractivity (Wildman–Crippen MR) is 61.1 cm³/mol. The quantitative estimate of drug-likeness (QED) is 0.784. The Bertz CT molecular complexity index is 457. The molecule has 15 heavy (non-hydrogen) atoms. The molecule has 3 nitrogen and oxygen atoms in total. The Balaban J connectivity index is 1.90. The summed E-state index contributed by atoms with van der Waals surface area (Å²) in [6.07, 6.45) is 3.13. The van der Waals surface area contributed by atoms with Crippen LogP contribution in [-0.2, 0) is 4.74 Å². The Morgan fingerprint density at radius 1 is 1.33 bits per heavy atom. The smallest absolute Gasteiger partial charge is 0.0668 e. The number of fused-ring (bicyclic) bond motifs is 1. The van der Waals surface area contributed by atoms with Gasteiger partial charge in [0.1, 0.15) is 0 Å². The molecule has 0 aliphatic carbocycles. The standard InChI is InChI=1S/C12H14N2O/c1-2-4-11-10(3-1)12(7-13-11)14-9-5-6-15-8-9/h1-4,7,9,13-14H,5-6,8H2. The molecule has 3 heteroatoms. The van der Waals surface area contributed by atoms with Crippen molar-refractivity contribution in [2.24, 2.45) is 0 Å². The number of ether oxygens (including phenoxy) is 1. The molecule has 1 aliphatic rings.